The monoisotopic (exact) mass is 419 g/mol. The Balaban J connectivity index is 1.43. The van der Waals surface area contributed by atoms with Crippen LogP contribution in [0.1, 0.15) is 22.8 Å². The normalized spacial score (nSPS) is 10.9. The van der Waals surface area contributed by atoms with Crippen LogP contribution in [0.25, 0.3) is 11.0 Å². The minimum Gasteiger partial charge on any atom is -0.348 e. The molecule has 2 heterocycles. The van der Waals surface area contributed by atoms with Gasteiger partial charge >= 0.3 is 5.69 Å². The Morgan fingerprint density at radius 3 is 2.61 bits per heavy atom. The van der Waals surface area contributed by atoms with Crippen molar-refractivity contribution in [1.29, 1.82) is 0 Å². The second-order valence-electron chi connectivity index (χ2n) is 7.15. The van der Waals surface area contributed by atoms with Crippen molar-refractivity contribution in [2.24, 2.45) is 7.05 Å². The molecule has 2 aromatic heterocycles. The minimum atomic E-state index is -0.281. The maximum Gasteiger partial charge on any atom is 0.326 e. The number of aromatic amines is 1. The number of benzene rings is 2. The average Bonchev–Trinajstić information content (AvgIpc) is 3.07. The van der Waals surface area contributed by atoms with Crippen LogP contribution >= 0.6 is 0 Å². The molecule has 2 aromatic carbocycles. The molecule has 4 rings (SSSR count). The number of hydrogen-bond donors (Lipinski definition) is 2. The van der Waals surface area contributed by atoms with Crippen LogP contribution in [0.3, 0.4) is 0 Å². The number of fused-ring (bicyclic) bond motifs is 1. The summed E-state index contributed by atoms with van der Waals surface area (Å²) in [6.45, 7) is 2.99. The van der Waals surface area contributed by atoms with Crippen LogP contribution in [0.4, 0.5) is 15.9 Å². The van der Waals surface area contributed by atoms with Gasteiger partial charge in [-0.15, -0.1) is 0 Å². The highest BCUT2D eigenvalue weighted by atomic mass is 19.1. The van der Waals surface area contributed by atoms with E-state index in [0.29, 0.717) is 24.2 Å². The largest absolute Gasteiger partial charge is 0.348 e. The number of amides is 1. The van der Waals surface area contributed by atoms with Crippen molar-refractivity contribution in [3.05, 3.63) is 88.2 Å². The lowest BCUT2D eigenvalue weighted by Gasteiger charge is -2.22. The van der Waals surface area contributed by atoms with Crippen molar-refractivity contribution in [2.45, 2.75) is 13.5 Å². The third kappa shape index (κ3) is 4.18. The van der Waals surface area contributed by atoms with Gasteiger partial charge in [0.05, 0.1) is 11.0 Å². The van der Waals surface area contributed by atoms with E-state index in [1.165, 1.54) is 16.7 Å². The Labute approximate surface area is 178 Å². The Hall–Kier alpha value is -3.94. The van der Waals surface area contributed by atoms with Gasteiger partial charge in [0, 0.05) is 37.6 Å². The lowest BCUT2D eigenvalue weighted by molar-refractivity contribution is 0.0951. The minimum absolute atomic E-state index is 0.222. The number of nitrogens with zero attached hydrogens (tertiary/aromatic N) is 3. The van der Waals surface area contributed by atoms with Gasteiger partial charge in [-0.2, -0.15) is 0 Å². The molecule has 0 fully saturated rings. The summed E-state index contributed by atoms with van der Waals surface area (Å²) in [4.78, 5) is 33.4. The van der Waals surface area contributed by atoms with Gasteiger partial charge in [0.15, 0.2) is 0 Å². The predicted molar refractivity (Wildman–Crippen MR) is 118 cm³/mol. The third-order valence-corrected chi connectivity index (χ3v) is 5.16. The number of H-pyrrole nitrogens is 1. The molecule has 158 valence electrons. The maximum absolute atomic E-state index is 13.2. The fourth-order valence-electron chi connectivity index (χ4n) is 3.44. The number of aromatic nitrogens is 3. The van der Waals surface area contributed by atoms with Gasteiger partial charge in [-0.05, 0) is 61.0 Å². The lowest BCUT2D eigenvalue weighted by atomic mass is 10.2. The first-order chi connectivity index (χ1) is 15.0. The zero-order chi connectivity index (χ0) is 22.0. The molecule has 7 nitrogen and oxygen atoms in total. The fraction of sp³-hybridized carbons (Fsp3) is 0.174. The van der Waals surface area contributed by atoms with Crippen molar-refractivity contribution in [3.8, 4) is 0 Å². The standard InChI is InChI=1S/C23H22FN5O2/c1-3-29(18-8-6-17(24)7-9-18)21-11-4-15(13-25-21)14-26-22(30)16-5-10-20-19(12-16)27-23(31)28(20)2/h4-13H,3,14H2,1-2H3,(H,26,30)(H,27,31). The van der Waals surface area contributed by atoms with Crippen molar-refractivity contribution in [1.82, 2.24) is 19.9 Å². The van der Waals surface area contributed by atoms with Gasteiger partial charge in [-0.3, -0.25) is 9.36 Å². The molecule has 1 amide bonds. The van der Waals surface area contributed by atoms with E-state index in [1.807, 2.05) is 24.0 Å². The van der Waals surface area contributed by atoms with Gasteiger partial charge in [0.2, 0.25) is 0 Å². The first kappa shape index (κ1) is 20.3. The molecule has 4 aromatic rings. The molecule has 8 heteroatoms. The number of nitrogens with one attached hydrogen (secondary N) is 2. The second-order valence-corrected chi connectivity index (χ2v) is 7.15. The van der Waals surface area contributed by atoms with Crippen LogP contribution in [0.5, 0.6) is 0 Å². The lowest BCUT2D eigenvalue weighted by Crippen LogP contribution is -2.23. The van der Waals surface area contributed by atoms with E-state index < -0.39 is 0 Å². The summed E-state index contributed by atoms with van der Waals surface area (Å²) in [5.41, 5.74) is 3.30. The third-order valence-electron chi connectivity index (χ3n) is 5.16. The summed E-state index contributed by atoms with van der Waals surface area (Å²) in [6, 6.07) is 15.1. The highest BCUT2D eigenvalue weighted by Crippen LogP contribution is 2.23. The predicted octanol–water partition coefficient (Wildman–Crippen LogP) is 3.49. The Morgan fingerprint density at radius 2 is 1.94 bits per heavy atom. The van der Waals surface area contributed by atoms with E-state index in [1.54, 1.807) is 43.6 Å². The zero-order valence-corrected chi connectivity index (χ0v) is 17.2. The number of carbonyl (C=O) groups excluding carboxylic acids is 1. The molecule has 0 spiro atoms. The number of imidazole rings is 1. The molecule has 2 N–H and O–H groups in total. The molecule has 0 unspecified atom stereocenters. The summed E-state index contributed by atoms with van der Waals surface area (Å²) in [6.07, 6.45) is 1.71. The molecule has 0 bridgehead atoms. The van der Waals surface area contributed by atoms with Crippen LogP contribution in [0, 0.1) is 5.82 Å². The molecule has 0 saturated heterocycles. The number of halogens is 1. The molecular formula is C23H22FN5O2. The number of pyridine rings is 1. The molecule has 0 aliphatic carbocycles. The highest BCUT2D eigenvalue weighted by Gasteiger charge is 2.11. The smallest absolute Gasteiger partial charge is 0.326 e. The average molecular weight is 419 g/mol. The van der Waals surface area contributed by atoms with Crippen LogP contribution in [-0.4, -0.2) is 27.0 Å². The van der Waals surface area contributed by atoms with Gasteiger partial charge < -0.3 is 15.2 Å². The molecular weight excluding hydrogens is 397 g/mol. The van der Waals surface area contributed by atoms with E-state index in [2.05, 4.69) is 15.3 Å². The molecule has 0 atom stereocenters. The van der Waals surface area contributed by atoms with Gasteiger partial charge in [-0.25, -0.2) is 14.2 Å². The van der Waals surface area contributed by atoms with Crippen molar-refractivity contribution < 1.29 is 9.18 Å². The SMILES string of the molecule is CCN(c1ccc(F)cc1)c1ccc(CNC(=O)c2ccc3c(c2)[nH]c(=O)n3C)cn1. The second kappa shape index (κ2) is 8.43. The molecule has 31 heavy (non-hydrogen) atoms. The van der Waals surface area contributed by atoms with Gasteiger partial charge in [-0.1, -0.05) is 6.07 Å². The quantitative estimate of drug-likeness (QED) is 0.501. The fourth-order valence-corrected chi connectivity index (χ4v) is 3.44. The summed E-state index contributed by atoms with van der Waals surface area (Å²) in [5.74, 6) is 0.219. The van der Waals surface area contributed by atoms with Crippen LogP contribution < -0.4 is 15.9 Å². The Morgan fingerprint density at radius 1 is 1.16 bits per heavy atom. The highest BCUT2D eigenvalue weighted by molar-refractivity contribution is 5.97. The van der Waals surface area contributed by atoms with Gasteiger partial charge in [0.1, 0.15) is 11.6 Å². The van der Waals surface area contributed by atoms with Gasteiger partial charge in [0.25, 0.3) is 5.91 Å². The molecule has 0 aliphatic rings. The van der Waals surface area contributed by atoms with Crippen molar-refractivity contribution in [2.75, 3.05) is 11.4 Å². The van der Waals surface area contributed by atoms with E-state index >= 15 is 0 Å². The number of anilines is 2. The van der Waals surface area contributed by atoms with E-state index in [0.717, 1.165) is 22.6 Å². The maximum atomic E-state index is 13.2. The van der Waals surface area contributed by atoms with E-state index in [9.17, 15) is 14.0 Å². The van der Waals surface area contributed by atoms with Crippen LogP contribution in [-0.2, 0) is 13.6 Å². The van der Waals surface area contributed by atoms with Crippen molar-refractivity contribution >= 4 is 28.4 Å². The number of hydrogen-bond acceptors (Lipinski definition) is 4. The van der Waals surface area contributed by atoms with E-state index in [-0.39, 0.29) is 17.4 Å². The Kier molecular flexibility index (Phi) is 5.53. The van der Waals surface area contributed by atoms with Crippen LogP contribution in [0.2, 0.25) is 0 Å². The van der Waals surface area contributed by atoms with Crippen molar-refractivity contribution in [3.63, 3.8) is 0 Å². The Bertz CT molecular complexity index is 1280. The topological polar surface area (TPSA) is 83.0 Å². The zero-order valence-electron chi connectivity index (χ0n) is 17.2. The summed E-state index contributed by atoms with van der Waals surface area (Å²) >= 11 is 0. The van der Waals surface area contributed by atoms with E-state index in [4.69, 9.17) is 0 Å². The molecule has 0 radical (unpaired) electrons. The number of aryl methyl sites for hydroxylation is 1. The molecule has 0 saturated carbocycles. The van der Waals surface area contributed by atoms with Crippen LogP contribution in [0.15, 0.2) is 65.6 Å². The summed E-state index contributed by atoms with van der Waals surface area (Å²) in [5, 5.41) is 2.87. The summed E-state index contributed by atoms with van der Waals surface area (Å²) in [7, 11) is 1.67. The number of carbonyl (C=O) groups is 1. The molecule has 0 aliphatic heterocycles. The first-order valence-corrected chi connectivity index (χ1v) is 9.91. The number of rotatable bonds is 6. The first-order valence-electron chi connectivity index (χ1n) is 9.91. The summed E-state index contributed by atoms with van der Waals surface area (Å²) < 4.78 is 14.7.